The maximum atomic E-state index is 4.56. The van der Waals surface area contributed by atoms with Gasteiger partial charge in [-0.3, -0.25) is 4.98 Å². The number of rotatable bonds is 4. The lowest BCUT2D eigenvalue weighted by molar-refractivity contribution is 0.513. The smallest absolute Gasteiger partial charge is 0.147 e. The molecule has 100 valence electrons. The maximum absolute atomic E-state index is 4.56. The van der Waals surface area contributed by atoms with E-state index in [-0.39, 0.29) is 5.54 Å². The van der Waals surface area contributed by atoms with Gasteiger partial charge in [-0.05, 0) is 26.7 Å². The summed E-state index contributed by atoms with van der Waals surface area (Å²) in [5.41, 5.74) is 1.22. The summed E-state index contributed by atoms with van der Waals surface area (Å²) in [4.78, 5) is 11.4. The van der Waals surface area contributed by atoms with Crippen LogP contribution in [0.5, 0.6) is 0 Å². The standard InChI is InChI=1S/C14H24N4/c1-11(2)15-8-12-9-17-13(10-16-12)18-7-5-6-14(18,3)4/h9-11,15H,5-8H2,1-4H3. The van der Waals surface area contributed by atoms with E-state index in [1.165, 1.54) is 12.8 Å². The van der Waals surface area contributed by atoms with Crippen LogP contribution < -0.4 is 10.2 Å². The molecule has 0 atom stereocenters. The molecule has 1 aromatic heterocycles. The summed E-state index contributed by atoms with van der Waals surface area (Å²) < 4.78 is 0. The lowest BCUT2D eigenvalue weighted by Gasteiger charge is -2.32. The molecule has 2 rings (SSSR count). The molecule has 2 heterocycles. The second kappa shape index (κ2) is 5.22. The van der Waals surface area contributed by atoms with Crippen LogP contribution in [0, 0.1) is 0 Å². The lowest BCUT2D eigenvalue weighted by atomic mass is 10.0. The van der Waals surface area contributed by atoms with Crippen LogP contribution in [-0.4, -0.2) is 28.1 Å². The summed E-state index contributed by atoms with van der Waals surface area (Å²) in [6, 6.07) is 0.476. The molecule has 0 bridgehead atoms. The van der Waals surface area contributed by atoms with E-state index in [1.807, 2.05) is 12.4 Å². The summed E-state index contributed by atoms with van der Waals surface area (Å²) in [5.74, 6) is 1.01. The second-order valence-electron chi connectivity index (χ2n) is 5.97. The van der Waals surface area contributed by atoms with Crippen molar-refractivity contribution in [1.29, 1.82) is 0 Å². The summed E-state index contributed by atoms with van der Waals surface area (Å²) >= 11 is 0. The van der Waals surface area contributed by atoms with Gasteiger partial charge >= 0.3 is 0 Å². The number of aromatic nitrogens is 2. The molecule has 1 aliphatic heterocycles. The van der Waals surface area contributed by atoms with Gasteiger partial charge in [0.15, 0.2) is 0 Å². The SMILES string of the molecule is CC(C)NCc1cnc(N2CCCC2(C)C)cn1. The van der Waals surface area contributed by atoms with E-state index in [1.54, 1.807) is 0 Å². The molecule has 1 aliphatic rings. The third-order valence-corrected chi connectivity index (χ3v) is 3.56. The molecule has 18 heavy (non-hydrogen) atoms. The predicted molar refractivity (Wildman–Crippen MR) is 74.7 cm³/mol. The number of anilines is 1. The van der Waals surface area contributed by atoms with Crippen molar-refractivity contribution in [3.05, 3.63) is 18.1 Å². The molecule has 4 heteroatoms. The molecule has 0 aliphatic carbocycles. The Bertz CT molecular complexity index is 383. The van der Waals surface area contributed by atoms with Crippen molar-refractivity contribution in [2.75, 3.05) is 11.4 Å². The Hall–Kier alpha value is -1.16. The molecule has 0 amide bonds. The first-order chi connectivity index (χ1) is 8.49. The van der Waals surface area contributed by atoms with Crippen molar-refractivity contribution in [1.82, 2.24) is 15.3 Å². The molecule has 0 unspecified atom stereocenters. The Morgan fingerprint density at radius 2 is 2.11 bits per heavy atom. The molecule has 1 N–H and O–H groups in total. The molecular weight excluding hydrogens is 224 g/mol. The monoisotopic (exact) mass is 248 g/mol. The Balaban J connectivity index is 2.03. The lowest BCUT2D eigenvalue weighted by Crippen LogP contribution is -2.38. The van der Waals surface area contributed by atoms with Gasteiger partial charge in [0.1, 0.15) is 5.82 Å². The van der Waals surface area contributed by atoms with Crippen LogP contribution in [0.2, 0.25) is 0 Å². The van der Waals surface area contributed by atoms with Gasteiger partial charge in [-0.1, -0.05) is 13.8 Å². The quantitative estimate of drug-likeness (QED) is 0.888. The predicted octanol–water partition coefficient (Wildman–Crippen LogP) is 2.35. The van der Waals surface area contributed by atoms with E-state index in [9.17, 15) is 0 Å². The first-order valence-corrected chi connectivity index (χ1v) is 6.81. The van der Waals surface area contributed by atoms with Crippen LogP contribution in [0.4, 0.5) is 5.82 Å². The summed E-state index contributed by atoms with van der Waals surface area (Å²) in [7, 11) is 0. The van der Waals surface area contributed by atoms with Crippen molar-refractivity contribution in [2.45, 2.75) is 58.7 Å². The minimum atomic E-state index is 0.215. The number of hydrogen-bond donors (Lipinski definition) is 1. The van der Waals surface area contributed by atoms with Crippen molar-refractivity contribution < 1.29 is 0 Å². The van der Waals surface area contributed by atoms with Gasteiger partial charge in [-0.2, -0.15) is 0 Å². The minimum absolute atomic E-state index is 0.215. The van der Waals surface area contributed by atoms with Gasteiger partial charge in [0, 0.05) is 24.7 Å². The molecule has 0 aromatic carbocycles. The Morgan fingerprint density at radius 1 is 1.33 bits per heavy atom. The topological polar surface area (TPSA) is 41.1 Å². The van der Waals surface area contributed by atoms with Crippen LogP contribution in [0.3, 0.4) is 0 Å². The molecule has 0 spiro atoms. The Morgan fingerprint density at radius 3 is 2.61 bits per heavy atom. The van der Waals surface area contributed by atoms with Gasteiger partial charge < -0.3 is 10.2 Å². The highest BCUT2D eigenvalue weighted by Gasteiger charge is 2.32. The minimum Gasteiger partial charge on any atom is -0.350 e. The zero-order chi connectivity index (χ0) is 13.2. The van der Waals surface area contributed by atoms with E-state index in [4.69, 9.17) is 0 Å². The van der Waals surface area contributed by atoms with E-state index in [2.05, 4.69) is 47.9 Å². The molecular formula is C14H24N4. The van der Waals surface area contributed by atoms with E-state index in [0.29, 0.717) is 6.04 Å². The molecule has 1 saturated heterocycles. The highest BCUT2D eigenvalue weighted by Crippen LogP contribution is 2.31. The average Bonchev–Trinajstić information content (AvgIpc) is 2.67. The highest BCUT2D eigenvalue weighted by atomic mass is 15.3. The number of hydrogen-bond acceptors (Lipinski definition) is 4. The fourth-order valence-electron chi connectivity index (χ4n) is 2.42. The first kappa shape index (κ1) is 13.3. The zero-order valence-electron chi connectivity index (χ0n) is 11.9. The van der Waals surface area contributed by atoms with Gasteiger partial charge in [0.25, 0.3) is 0 Å². The van der Waals surface area contributed by atoms with Gasteiger partial charge in [0.05, 0.1) is 18.1 Å². The highest BCUT2D eigenvalue weighted by molar-refractivity contribution is 5.41. The maximum Gasteiger partial charge on any atom is 0.147 e. The number of nitrogens with one attached hydrogen (secondary N) is 1. The van der Waals surface area contributed by atoms with Gasteiger partial charge in [-0.15, -0.1) is 0 Å². The molecule has 1 aromatic rings. The summed E-state index contributed by atoms with van der Waals surface area (Å²) in [6.45, 7) is 10.7. The van der Waals surface area contributed by atoms with Crippen molar-refractivity contribution >= 4 is 5.82 Å². The van der Waals surface area contributed by atoms with Crippen LogP contribution >= 0.6 is 0 Å². The zero-order valence-corrected chi connectivity index (χ0v) is 11.9. The fraction of sp³-hybridized carbons (Fsp3) is 0.714. The van der Waals surface area contributed by atoms with Gasteiger partial charge in [0.2, 0.25) is 0 Å². The van der Waals surface area contributed by atoms with Gasteiger partial charge in [-0.25, -0.2) is 4.98 Å². The molecule has 1 fully saturated rings. The van der Waals surface area contributed by atoms with E-state index in [0.717, 1.165) is 24.6 Å². The summed E-state index contributed by atoms with van der Waals surface area (Å²) in [6.07, 6.45) is 6.26. The fourth-order valence-corrected chi connectivity index (χ4v) is 2.42. The molecule has 0 saturated carbocycles. The third-order valence-electron chi connectivity index (χ3n) is 3.56. The third kappa shape index (κ3) is 2.99. The largest absolute Gasteiger partial charge is 0.350 e. The number of nitrogens with zero attached hydrogens (tertiary/aromatic N) is 3. The van der Waals surface area contributed by atoms with Crippen molar-refractivity contribution in [3.8, 4) is 0 Å². The van der Waals surface area contributed by atoms with Crippen LogP contribution in [-0.2, 0) is 6.54 Å². The van der Waals surface area contributed by atoms with E-state index >= 15 is 0 Å². The van der Waals surface area contributed by atoms with E-state index < -0.39 is 0 Å². The second-order valence-corrected chi connectivity index (χ2v) is 5.97. The Kier molecular flexibility index (Phi) is 3.85. The normalized spacial score (nSPS) is 18.6. The van der Waals surface area contributed by atoms with Crippen molar-refractivity contribution in [3.63, 3.8) is 0 Å². The Labute approximate surface area is 110 Å². The average molecular weight is 248 g/mol. The van der Waals surface area contributed by atoms with Crippen LogP contribution in [0.15, 0.2) is 12.4 Å². The van der Waals surface area contributed by atoms with Crippen LogP contribution in [0.1, 0.15) is 46.2 Å². The summed E-state index contributed by atoms with van der Waals surface area (Å²) in [5, 5.41) is 3.35. The molecule has 4 nitrogen and oxygen atoms in total. The molecule has 0 radical (unpaired) electrons. The first-order valence-electron chi connectivity index (χ1n) is 6.81. The van der Waals surface area contributed by atoms with Crippen LogP contribution in [0.25, 0.3) is 0 Å². The van der Waals surface area contributed by atoms with Crippen molar-refractivity contribution in [2.24, 2.45) is 0 Å².